The van der Waals surface area contributed by atoms with Crippen molar-refractivity contribution < 1.29 is 9.47 Å². The largest absolute Gasteiger partial charge is 0.497 e. The molecule has 5 nitrogen and oxygen atoms in total. The van der Waals surface area contributed by atoms with Crippen molar-refractivity contribution in [3.8, 4) is 40.1 Å². The highest BCUT2D eigenvalue weighted by molar-refractivity contribution is 5.82. The summed E-state index contributed by atoms with van der Waals surface area (Å²) in [6.07, 6.45) is 1.51. The number of methoxy groups -OCH3 is 2. The minimum atomic E-state index is 0.758. The van der Waals surface area contributed by atoms with Gasteiger partial charge in [0.05, 0.1) is 31.7 Å². The molecule has 0 aliphatic carbocycles. The van der Waals surface area contributed by atoms with Gasteiger partial charge in [-0.05, 0) is 55.5 Å². The quantitative estimate of drug-likeness (QED) is 0.620. The highest BCUT2D eigenvalue weighted by Gasteiger charge is 2.19. The van der Waals surface area contributed by atoms with Crippen LogP contribution in [0.15, 0.2) is 54.6 Å². The number of imidazole rings is 1. The number of hydrogen-bond acceptors (Lipinski definition) is 4. The number of hydrogen-bond donors (Lipinski definition) is 0. The van der Waals surface area contributed by atoms with Crippen LogP contribution in [0, 0.1) is 11.3 Å². The molecule has 0 atom stereocenters. The van der Waals surface area contributed by atoms with E-state index in [0.29, 0.717) is 0 Å². The van der Waals surface area contributed by atoms with Gasteiger partial charge in [0, 0.05) is 29.8 Å². The second-order valence-corrected chi connectivity index (χ2v) is 6.11. The molecule has 5 heteroatoms. The molecule has 27 heavy (non-hydrogen) atoms. The molecular formula is C22H21N3O2. The first kappa shape index (κ1) is 18.3. The van der Waals surface area contributed by atoms with Crippen molar-refractivity contribution in [1.82, 2.24) is 9.55 Å². The van der Waals surface area contributed by atoms with Gasteiger partial charge < -0.3 is 14.0 Å². The van der Waals surface area contributed by atoms with E-state index in [4.69, 9.17) is 19.7 Å². The van der Waals surface area contributed by atoms with Crippen LogP contribution in [0.2, 0.25) is 0 Å². The number of allylic oxidation sites excluding steroid dienone is 2. The van der Waals surface area contributed by atoms with Gasteiger partial charge in [-0.1, -0.05) is 0 Å². The first-order valence-corrected chi connectivity index (χ1v) is 8.51. The lowest BCUT2D eigenvalue weighted by Gasteiger charge is -2.09. The molecule has 0 spiro atoms. The molecule has 0 fully saturated rings. The minimum absolute atomic E-state index is 0.758. The first-order valence-electron chi connectivity index (χ1n) is 8.51. The molecule has 1 aromatic heterocycles. The highest BCUT2D eigenvalue weighted by Crippen LogP contribution is 2.35. The monoisotopic (exact) mass is 359 g/mol. The van der Waals surface area contributed by atoms with Gasteiger partial charge in [0.2, 0.25) is 0 Å². The smallest absolute Gasteiger partial charge is 0.137 e. The molecule has 0 saturated carbocycles. The van der Waals surface area contributed by atoms with Crippen molar-refractivity contribution in [2.45, 2.75) is 6.92 Å². The van der Waals surface area contributed by atoms with Crippen molar-refractivity contribution in [3.63, 3.8) is 0 Å². The lowest BCUT2D eigenvalue weighted by Crippen LogP contribution is -1.98. The fourth-order valence-electron chi connectivity index (χ4n) is 3.04. The van der Waals surface area contributed by atoms with Crippen LogP contribution in [-0.4, -0.2) is 23.8 Å². The molecule has 3 rings (SSSR count). The van der Waals surface area contributed by atoms with Crippen LogP contribution in [-0.2, 0) is 7.05 Å². The predicted octanol–water partition coefficient (Wildman–Crippen LogP) is 4.70. The van der Waals surface area contributed by atoms with Crippen LogP contribution in [0.3, 0.4) is 0 Å². The maximum atomic E-state index is 9.02. The van der Waals surface area contributed by atoms with Crippen LogP contribution >= 0.6 is 0 Å². The molecule has 0 aliphatic heterocycles. The second kappa shape index (κ2) is 7.79. The molecule has 0 N–H and O–H groups in total. The highest BCUT2D eigenvalue weighted by atomic mass is 16.5. The Balaban J connectivity index is 2.21. The Labute approximate surface area is 159 Å². The van der Waals surface area contributed by atoms with Crippen molar-refractivity contribution in [1.29, 1.82) is 5.26 Å². The molecule has 1 heterocycles. The van der Waals surface area contributed by atoms with Gasteiger partial charge in [-0.3, -0.25) is 0 Å². The van der Waals surface area contributed by atoms with Crippen LogP contribution < -0.4 is 9.47 Å². The predicted molar refractivity (Wildman–Crippen MR) is 106 cm³/mol. The number of aromatic nitrogens is 2. The zero-order valence-corrected chi connectivity index (χ0v) is 15.9. The van der Waals surface area contributed by atoms with Crippen LogP contribution in [0.5, 0.6) is 11.5 Å². The third-order valence-corrected chi connectivity index (χ3v) is 4.46. The van der Waals surface area contributed by atoms with E-state index < -0.39 is 0 Å². The van der Waals surface area contributed by atoms with E-state index in [2.05, 4.69) is 6.07 Å². The molecule has 136 valence electrons. The Kier molecular flexibility index (Phi) is 5.28. The molecule has 3 aromatic rings. The number of nitriles is 1. The third kappa shape index (κ3) is 3.56. The van der Waals surface area contributed by atoms with E-state index in [1.54, 1.807) is 14.2 Å². The molecule has 0 bridgehead atoms. The van der Waals surface area contributed by atoms with Crippen molar-refractivity contribution >= 4 is 5.57 Å². The van der Waals surface area contributed by atoms with Gasteiger partial charge in [-0.15, -0.1) is 0 Å². The van der Waals surface area contributed by atoms with Gasteiger partial charge in [-0.2, -0.15) is 5.26 Å². The van der Waals surface area contributed by atoms with E-state index in [1.807, 2.05) is 67.1 Å². The average molecular weight is 359 g/mol. The molecular weight excluding hydrogens is 338 g/mol. The number of nitrogens with zero attached hydrogens (tertiary/aromatic N) is 3. The van der Waals surface area contributed by atoms with E-state index in [0.717, 1.165) is 45.4 Å². The van der Waals surface area contributed by atoms with Crippen molar-refractivity contribution in [2.75, 3.05) is 14.2 Å². The second-order valence-electron chi connectivity index (χ2n) is 6.11. The van der Waals surface area contributed by atoms with Crippen LogP contribution in [0.1, 0.15) is 12.7 Å². The Morgan fingerprint density at radius 3 is 1.96 bits per heavy atom. The fraction of sp³-hybridized carbons (Fsp3) is 0.182. The van der Waals surface area contributed by atoms with Gasteiger partial charge in [0.1, 0.15) is 17.3 Å². The number of rotatable bonds is 5. The lowest BCUT2D eigenvalue weighted by atomic mass is 10.0. The molecule has 0 aliphatic rings. The topological polar surface area (TPSA) is 60.1 Å². The summed E-state index contributed by atoms with van der Waals surface area (Å²) in [6, 6.07) is 17.8. The van der Waals surface area contributed by atoms with Gasteiger partial charge in [0.15, 0.2) is 0 Å². The van der Waals surface area contributed by atoms with Gasteiger partial charge in [0.25, 0.3) is 0 Å². The van der Waals surface area contributed by atoms with Crippen LogP contribution in [0.4, 0.5) is 0 Å². The lowest BCUT2D eigenvalue weighted by molar-refractivity contribution is 0.414. The fourth-order valence-corrected chi connectivity index (χ4v) is 3.04. The maximum Gasteiger partial charge on any atom is 0.137 e. The SMILES string of the molecule is COc1ccc(-c2nc(/C(C)=C/C#N)n(C)c2-c2ccc(OC)cc2)cc1. The van der Waals surface area contributed by atoms with Crippen molar-refractivity contribution in [2.24, 2.45) is 7.05 Å². The average Bonchev–Trinajstić information content (AvgIpc) is 3.05. The van der Waals surface area contributed by atoms with E-state index in [9.17, 15) is 0 Å². The zero-order valence-electron chi connectivity index (χ0n) is 15.9. The summed E-state index contributed by atoms with van der Waals surface area (Å²) in [5.74, 6) is 2.35. The van der Waals surface area contributed by atoms with Crippen LogP contribution in [0.25, 0.3) is 28.1 Å². The summed E-state index contributed by atoms with van der Waals surface area (Å²) in [5, 5.41) is 9.02. The summed E-state index contributed by atoms with van der Waals surface area (Å²) < 4.78 is 12.5. The summed E-state index contributed by atoms with van der Waals surface area (Å²) >= 11 is 0. The van der Waals surface area contributed by atoms with E-state index in [1.165, 1.54) is 6.08 Å². The van der Waals surface area contributed by atoms with E-state index in [-0.39, 0.29) is 0 Å². The summed E-state index contributed by atoms with van der Waals surface area (Å²) in [5.41, 5.74) is 4.64. The van der Waals surface area contributed by atoms with Gasteiger partial charge >= 0.3 is 0 Å². The molecule has 0 saturated heterocycles. The third-order valence-electron chi connectivity index (χ3n) is 4.46. The normalized spacial score (nSPS) is 11.1. The maximum absolute atomic E-state index is 9.02. The standard InChI is InChI=1S/C22H21N3O2/c1-15(13-14-23)22-24-20(16-5-9-18(26-3)10-6-16)21(25(22)2)17-7-11-19(27-4)12-8-17/h5-13H,1-4H3/b15-13+. The van der Waals surface area contributed by atoms with E-state index >= 15 is 0 Å². The summed E-state index contributed by atoms with van der Waals surface area (Å²) in [7, 11) is 5.26. The summed E-state index contributed by atoms with van der Waals surface area (Å²) in [6.45, 7) is 1.89. The Morgan fingerprint density at radius 2 is 1.48 bits per heavy atom. The zero-order chi connectivity index (χ0) is 19.4. The van der Waals surface area contributed by atoms with Gasteiger partial charge in [-0.25, -0.2) is 4.98 Å². The Hall–Kier alpha value is -3.52. The molecule has 0 unspecified atom stereocenters. The first-order chi connectivity index (χ1) is 13.1. The number of ether oxygens (including phenoxy) is 2. The Bertz CT molecular complexity index is 1010. The Morgan fingerprint density at radius 1 is 0.963 bits per heavy atom. The summed E-state index contributed by atoms with van der Waals surface area (Å²) in [4.78, 5) is 4.84. The number of benzene rings is 2. The molecule has 0 radical (unpaired) electrons. The molecule has 0 amide bonds. The van der Waals surface area contributed by atoms with Crippen molar-refractivity contribution in [3.05, 3.63) is 60.4 Å². The minimum Gasteiger partial charge on any atom is -0.497 e. The molecule has 2 aromatic carbocycles.